The van der Waals surface area contributed by atoms with Gasteiger partial charge in [0.2, 0.25) is 0 Å². The number of alkyl halides is 3. The van der Waals surface area contributed by atoms with Crippen molar-refractivity contribution in [1.29, 1.82) is 0 Å². The molecular formula is C14H13ClF3N3O2. The maximum Gasteiger partial charge on any atom is 0.408 e. The van der Waals surface area contributed by atoms with E-state index >= 15 is 0 Å². The molecule has 9 heteroatoms. The van der Waals surface area contributed by atoms with Crippen molar-refractivity contribution in [2.24, 2.45) is 0 Å². The highest BCUT2D eigenvalue weighted by atomic mass is 35.5. The van der Waals surface area contributed by atoms with Gasteiger partial charge in [0.15, 0.2) is 6.10 Å². The molecule has 1 aromatic heterocycles. The number of hydrogen-bond acceptors (Lipinski definition) is 3. The summed E-state index contributed by atoms with van der Waals surface area (Å²) in [5.41, 5.74) is 0.147. The van der Waals surface area contributed by atoms with Crippen molar-refractivity contribution >= 4 is 23.2 Å². The highest BCUT2D eigenvalue weighted by Crippen LogP contribution is 2.24. The van der Waals surface area contributed by atoms with Gasteiger partial charge in [-0.25, -0.2) is 0 Å². The number of halogens is 4. The third kappa shape index (κ3) is 5.17. The second kappa shape index (κ2) is 6.91. The summed E-state index contributed by atoms with van der Waals surface area (Å²) in [4.78, 5) is 12.0. The average molecular weight is 348 g/mol. The SMILES string of the molecule is CC(Oc1ccccc1Cl)C(=O)Nc1cnn(CC(F)(F)F)c1. The van der Waals surface area contributed by atoms with E-state index in [-0.39, 0.29) is 5.69 Å². The molecule has 1 N–H and O–H groups in total. The molecule has 23 heavy (non-hydrogen) atoms. The first kappa shape index (κ1) is 17.1. The van der Waals surface area contributed by atoms with Crippen LogP contribution in [0.5, 0.6) is 5.75 Å². The first-order chi connectivity index (χ1) is 10.7. The molecule has 0 radical (unpaired) electrons. The number of carbonyl (C=O) groups excluding carboxylic acids is 1. The fraction of sp³-hybridized carbons (Fsp3) is 0.286. The minimum atomic E-state index is -4.38. The minimum absolute atomic E-state index is 0.147. The molecule has 1 amide bonds. The molecule has 124 valence electrons. The molecule has 0 saturated heterocycles. The smallest absolute Gasteiger partial charge is 0.408 e. The summed E-state index contributed by atoms with van der Waals surface area (Å²) in [6, 6.07) is 6.64. The van der Waals surface area contributed by atoms with E-state index in [1.807, 2.05) is 0 Å². The Hall–Kier alpha value is -2.22. The molecule has 0 aliphatic carbocycles. The maximum absolute atomic E-state index is 12.2. The van der Waals surface area contributed by atoms with E-state index < -0.39 is 24.7 Å². The Morgan fingerprint density at radius 1 is 1.43 bits per heavy atom. The molecule has 1 unspecified atom stereocenters. The number of nitrogens with zero attached hydrogens (tertiary/aromatic N) is 2. The van der Waals surface area contributed by atoms with Crippen molar-refractivity contribution in [1.82, 2.24) is 9.78 Å². The first-order valence-corrected chi connectivity index (χ1v) is 6.93. The zero-order valence-corrected chi connectivity index (χ0v) is 12.7. The summed E-state index contributed by atoms with van der Waals surface area (Å²) >= 11 is 5.92. The molecule has 0 aliphatic heterocycles. The van der Waals surface area contributed by atoms with Crippen LogP contribution in [0.25, 0.3) is 0 Å². The molecule has 0 spiro atoms. The highest BCUT2D eigenvalue weighted by Gasteiger charge is 2.28. The zero-order chi connectivity index (χ0) is 17.0. The topological polar surface area (TPSA) is 56.1 Å². The van der Waals surface area contributed by atoms with Crippen LogP contribution in [0.3, 0.4) is 0 Å². The Balaban J connectivity index is 1.95. The Labute approximate surface area is 135 Å². The zero-order valence-electron chi connectivity index (χ0n) is 12.0. The van der Waals surface area contributed by atoms with E-state index in [9.17, 15) is 18.0 Å². The monoisotopic (exact) mass is 347 g/mol. The Morgan fingerprint density at radius 3 is 2.78 bits per heavy atom. The second-order valence-corrected chi connectivity index (χ2v) is 5.13. The van der Waals surface area contributed by atoms with Gasteiger partial charge in [0.1, 0.15) is 12.3 Å². The summed E-state index contributed by atoms with van der Waals surface area (Å²) in [5, 5.41) is 6.31. The largest absolute Gasteiger partial charge is 0.479 e. The number of rotatable bonds is 5. The third-order valence-electron chi connectivity index (χ3n) is 2.75. The third-order valence-corrected chi connectivity index (χ3v) is 3.06. The van der Waals surface area contributed by atoms with Gasteiger partial charge in [0, 0.05) is 6.20 Å². The minimum Gasteiger partial charge on any atom is -0.479 e. The summed E-state index contributed by atoms with van der Waals surface area (Å²) in [6.07, 6.45) is -3.05. The van der Waals surface area contributed by atoms with Crippen LogP contribution in [0, 0.1) is 0 Å². The van der Waals surface area contributed by atoms with Gasteiger partial charge in [0.05, 0.1) is 16.9 Å². The normalized spacial score (nSPS) is 12.7. The van der Waals surface area contributed by atoms with Gasteiger partial charge in [-0.1, -0.05) is 23.7 Å². The van der Waals surface area contributed by atoms with Gasteiger partial charge >= 0.3 is 6.18 Å². The lowest BCUT2D eigenvalue weighted by molar-refractivity contribution is -0.142. The van der Waals surface area contributed by atoms with Crippen LogP contribution in [0.4, 0.5) is 18.9 Å². The molecule has 0 fully saturated rings. The fourth-order valence-corrected chi connectivity index (χ4v) is 1.91. The number of benzene rings is 1. The fourth-order valence-electron chi connectivity index (χ4n) is 1.73. The number of para-hydroxylation sites is 1. The van der Waals surface area contributed by atoms with E-state index in [1.165, 1.54) is 6.92 Å². The van der Waals surface area contributed by atoms with Crippen LogP contribution in [-0.4, -0.2) is 28.0 Å². The number of amides is 1. The molecule has 0 aliphatic rings. The van der Waals surface area contributed by atoms with Crippen molar-refractivity contribution in [2.75, 3.05) is 5.32 Å². The number of nitrogens with one attached hydrogen (secondary N) is 1. The quantitative estimate of drug-likeness (QED) is 0.900. The summed E-state index contributed by atoms with van der Waals surface area (Å²) in [7, 11) is 0. The molecule has 2 aromatic rings. The first-order valence-electron chi connectivity index (χ1n) is 6.56. The number of aromatic nitrogens is 2. The molecular weight excluding hydrogens is 335 g/mol. The lowest BCUT2D eigenvalue weighted by Crippen LogP contribution is -2.30. The lowest BCUT2D eigenvalue weighted by Gasteiger charge is -2.14. The molecule has 0 bridgehead atoms. The lowest BCUT2D eigenvalue weighted by atomic mass is 10.3. The van der Waals surface area contributed by atoms with Crippen LogP contribution in [-0.2, 0) is 11.3 Å². The predicted octanol–water partition coefficient (Wildman–Crippen LogP) is 3.50. The second-order valence-electron chi connectivity index (χ2n) is 4.72. The van der Waals surface area contributed by atoms with E-state index in [4.69, 9.17) is 16.3 Å². The predicted molar refractivity (Wildman–Crippen MR) is 78.5 cm³/mol. The van der Waals surface area contributed by atoms with Crippen LogP contribution in [0.1, 0.15) is 6.92 Å². The Bertz CT molecular complexity index is 688. The van der Waals surface area contributed by atoms with Gasteiger partial charge in [-0.2, -0.15) is 18.3 Å². The van der Waals surface area contributed by atoms with E-state index in [1.54, 1.807) is 24.3 Å². The molecule has 1 aromatic carbocycles. The molecule has 1 atom stereocenters. The summed E-state index contributed by atoms with van der Waals surface area (Å²) in [5.74, 6) is -0.193. The van der Waals surface area contributed by atoms with Crippen molar-refractivity contribution in [3.8, 4) is 5.75 Å². The van der Waals surface area contributed by atoms with Gasteiger partial charge in [-0.05, 0) is 19.1 Å². The number of carbonyl (C=O) groups is 1. The van der Waals surface area contributed by atoms with Gasteiger partial charge in [0.25, 0.3) is 5.91 Å². The van der Waals surface area contributed by atoms with E-state index in [0.717, 1.165) is 12.4 Å². The Kier molecular flexibility index (Phi) is 5.15. The van der Waals surface area contributed by atoms with Crippen molar-refractivity contribution in [2.45, 2.75) is 25.7 Å². The summed E-state index contributed by atoms with van der Waals surface area (Å²) < 4.78 is 42.8. The van der Waals surface area contributed by atoms with Crippen LogP contribution >= 0.6 is 11.6 Å². The van der Waals surface area contributed by atoms with Crippen LogP contribution in [0.15, 0.2) is 36.7 Å². The van der Waals surface area contributed by atoms with Crippen molar-refractivity contribution in [3.63, 3.8) is 0 Å². The number of anilines is 1. The van der Waals surface area contributed by atoms with Crippen LogP contribution < -0.4 is 10.1 Å². The summed E-state index contributed by atoms with van der Waals surface area (Å²) in [6.45, 7) is 0.271. The Morgan fingerprint density at radius 2 is 2.13 bits per heavy atom. The maximum atomic E-state index is 12.2. The van der Waals surface area contributed by atoms with Crippen molar-refractivity contribution in [3.05, 3.63) is 41.7 Å². The van der Waals surface area contributed by atoms with E-state index in [2.05, 4.69) is 10.4 Å². The van der Waals surface area contributed by atoms with Gasteiger partial charge in [-0.15, -0.1) is 0 Å². The molecule has 2 rings (SSSR count). The number of hydrogen-bond donors (Lipinski definition) is 1. The molecule has 5 nitrogen and oxygen atoms in total. The number of ether oxygens (including phenoxy) is 1. The highest BCUT2D eigenvalue weighted by molar-refractivity contribution is 6.32. The van der Waals surface area contributed by atoms with Crippen molar-refractivity contribution < 1.29 is 22.7 Å². The standard InChI is InChI=1S/C14H13ClF3N3O2/c1-9(23-12-5-3-2-4-11(12)15)13(22)20-10-6-19-21(7-10)8-14(16,17)18/h2-7,9H,8H2,1H3,(H,20,22). The van der Waals surface area contributed by atoms with E-state index in [0.29, 0.717) is 15.5 Å². The molecule has 1 heterocycles. The van der Waals surface area contributed by atoms with Gasteiger partial charge in [-0.3, -0.25) is 9.48 Å². The average Bonchev–Trinajstić information content (AvgIpc) is 2.86. The van der Waals surface area contributed by atoms with Crippen LogP contribution in [0.2, 0.25) is 5.02 Å². The molecule has 0 saturated carbocycles. The van der Waals surface area contributed by atoms with Gasteiger partial charge < -0.3 is 10.1 Å².